The van der Waals surface area contributed by atoms with Gasteiger partial charge in [0, 0.05) is 6.42 Å². The quantitative estimate of drug-likeness (QED) is 0.347. The molecule has 0 fully saturated rings. The van der Waals surface area contributed by atoms with E-state index in [0.29, 0.717) is 48.2 Å². The summed E-state index contributed by atoms with van der Waals surface area (Å²) >= 11 is 0. The first-order valence-electron chi connectivity index (χ1n) is 10.3. The molecule has 31 heavy (non-hydrogen) atoms. The molecule has 0 saturated heterocycles. The second-order valence-corrected chi connectivity index (χ2v) is 7.52. The molecule has 160 valence electrons. The zero-order valence-electron chi connectivity index (χ0n) is 17.7. The summed E-state index contributed by atoms with van der Waals surface area (Å²) < 4.78 is 16.4. The molecule has 0 radical (unpaired) electrons. The van der Waals surface area contributed by atoms with Gasteiger partial charge >= 0.3 is 11.9 Å². The maximum atomic E-state index is 12.4. The van der Waals surface area contributed by atoms with Crippen LogP contribution in [0, 0.1) is 5.92 Å². The van der Waals surface area contributed by atoms with Gasteiger partial charge in [0.05, 0.1) is 24.3 Å². The highest BCUT2D eigenvalue weighted by atomic mass is 16.5. The van der Waals surface area contributed by atoms with E-state index in [2.05, 4.69) is 13.8 Å². The molecule has 5 heteroatoms. The van der Waals surface area contributed by atoms with Crippen LogP contribution in [0.3, 0.4) is 0 Å². The van der Waals surface area contributed by atoms with Crippen LogP contribution in [0.2, 0.25) is 0 Å². The first-order chi connectivity index (χ1) is 15.0. The van der Waals surface area contributed by atoms with Crippen molar-refractivity contribution < 1.29 is 23.8 Å². The van der Waals surface area contributed by atoms with E-state index in [0.717, 1.165) is 5.56 Å². The van der Waals surface area contributed by atoms with Gasteiger partial charge < -0.3 is 14.2 Å². The number of hydrogen-bond acceptors (Lipinski definition) is 5. The molecule has 0 aliphatic carbocycles. The lowest BCUT2D eigenvalue weighted by atomic mass is 10.2. The Morgan fingerprint density at radius 1 is 0.774 bits per heavy atom. The van der Waals surface area contributed by atoms with Crippen molar-refractivity contribution in [3.8, 4) is 11.5 Å². The van der Waals surface area contributed by atoms with Gasteiger partial charge in [0.15, 0.2) is 0 Å². The first-order valence-corrected chi connectivity index (χ1v) is 10.3. The summed E-state index contributed by atoms with van der Waals surface area (Å²) in [6, 6.07) is 23.0. The molecule has 3 rings (SSSR count). The fraction of sp³-hybridized carbons (Fsp3) is 0.231. The molecular formula is C26H26O5. The lowest BCUT2D eigenvalue weighted by Gasteiger charge is -2.10. The molecule has 0 bridgehead atoms. The molecule has 0 spiro atoms. The van der Waals surface area contributed by atoms with Crippen molar-refractivity contribution in [2.24, 2.45) is 5.92 Å². The second-order valence-electron chi connectivity index (χ2n) is 7.52. The van der Waals surface area contributed by atoms with Crippen LogP contribution in [0.5, 0.6) is 11.5 Å². The number of rotatable bonds is 9. The summed E-state index contributed by atoms with van der Waals surface area (Å²) in [4.78, 5) is 24.6. The molecular weight excluding hydrogens is 392 g/mol. The third-order valence-corrected chi connectivity index (χ3v) is 4.42. The fourth-order valence-corrected chi connectivity index (χ4v) is 2.79. The van der Waals surface area contributed by atoms with Crippen molar-refractivity contribution in [3.63, 3.8) is 0 Å². The first kappa shape index (κ1) is 22.1. The molecule has 0 unspecified atom stereocenters. The zero-order valence-corrected chi connectivity index (χ0v) is 17.7. The third kappa shape index (κ3) is 7.00. The number of esters is 2. The molecule has 0 aromatic heterocycles. The van der Waals surface area contributed by atoms with E-state index in [9.17, 15) is 9.59 Å². The smallest absolute Gasteiger partial charge is 0.343 e. The Balaban J connectivity index is 1.52. The molecule has 0 amide bonds. The third-order valence-electron chi connectivity index (χ3n) is 4.42. The molecule has 0 aliphatic heterocycles. The highest BCUT2D eigenvalue weighted by Gasteiger charge is 2.12. The van der Waals surface area contributed by atoms with Crippen LogP contribution in [-0.2, 0) is 11.2 Å². The standard InChI is InChI=1S/C26H26O5/c1-19(2)18-30-24-10-6-9-22(17-24)26(28)31-23-13-11-21(12-14-23)25(27)29-16-15-20-7-4-3-5-8-20/h3-14,17,19H,15-16,18H2,1-2H3. The van der Waals surface area contributed by atoms with Gasteiger partial charge in [-0.2, -0.15) is 0 Å². The van der Waals surface area contributed by atoms with E-state index in [1.165, 1.54) is 0 Å². The second kappa shape index (κ2) is 11.0. The van der Waals surface area contributed by atoms with Crippen LogP contribution >= 0.6 is 0 Å². The van der Waals surface area contributed by atoms with E-state index in [1.54, 1.807) is 48.5 Å². The van der Waals surface area contributed by atoms with Gasteiger partial charge in [0.1, 0.15) is 11.5 Å². The Labute approximate surface area is 182 Å². The van der Waals surface area contributed by atoms with Crippen molar-refractivity contribution in [1.29, 1.82) is 0 Å². The van der Waals surface area contributed by atoms with Crippen molar-refractivity contribution in [2.45, 2.75) is 20.3 Å². The van der Waals surface area contributed by atoms with Crippen LogP contribution in [-0.4, -0.2) is 25.2 Å². The van der Waals surface area contributed by atoms with Crippen LogP contribution < -0.4 is 9.47 Å². The number of carbonyl (C=O) groups is 2. The summed E-state index contributed by atoms with van der Waals surface area (Å²) in [5.41, 5.74) is 1.90. The van der Waals surface area contributed by atoms with Crippen molar-refractivity contribution in [2.75, 3.05) is 13.2 Å². The molecule has 0 N–H and O–H groups in total. The SMILES string of the molecule is CC(C)COc1cccc(C(=O)Oc2ccc(C(=O)OCCc3ccccc3)cc2)c1. The summed E-state index contributed by atoms with van der Waals surface area (Å²) in [5.74, 6) is 0.451. The summed E-state index contributed by atoms with van der Waals surface area (Å²) in [7, 11) is 0. The van der Waals surface area contributed by atoms with E-state index >= 15 is 0 Å². The van der Waals surface area contributed by atoms with Crippen molar-refractivity contribution in [1.82, 2.24) is 0 Å². The average molecular weight is 418 g/mol. The number of hydrogen-bond donors (Lipinski definition) is 0. The highest BCUT2D eigenvalue weighted by molar-refractivity contribution is 5.92. The molecule has 5 nitrogen and oxygen atoms in total. The lowest BCUT2D eigenvalue weighted by molar-refractivity contribution is 0.0509. The van der Waals surface area contributed by atoms with Crippen molar-refractivity contribution >= 4 is 11.9 Å². The van der Waals surface area contributed by atoms with E-state index in [4.69, 9.17) is 14.2 Å². The molecule has 0 saturated carbocycles. The number of ether oxygens (including phenoxy) is 3. The van der Waals surface area contributed by atoms with Gasteiger partial charge in [-0.05, 0) is 53.9 Å². The monoisotopic (exact) mass is 418 g/mol. The summed E-state index contributed by atoms with van der Waals surface area (Å²) in [6.07, 6.45) is 0.655. The van der Waals surface area contributed by atoms with Gasteiger partial charge in [-0.25, -0.2) is 9.59 Å². The molecule has 3 aromatic carbocycles. The highest BCUT2D eigenvalue weighted by Crippen LogP contribution is 2.18. The van der Waals surface area contributed by atoms with Gasteiger partial charge in [0.25, 0.3) is 0 Å². The largest absolute Gasteiger partial charge is 0.493 e. The van der Waals surface area contributed by atoms with Crippen LogP contribution in [0.1, 0.15) is 40.1 Å². The fourth-order valence-electron chi connectivity index (χ4n) is 2.79. The van der Waals surface area contributed by atoms with Crippen LogP contribution in [0.4, 0.5) is 0 Å². The average Bonchev–Trinajstić information content (AvgIpc) is 2.79. The molecule has 0 aliphatic rings. The van der Waals surface area contributed by atoms with E-state index in [1.807, 2.05) is 30.3 Å². The summed E-state index contributed by atoms with van der Waals surface area (Å²) in [5, 5.41) is 0. The van der Waals surface area contributed by atoms with Gasteiger partial charge in [-0.15, -0.1) is 0 Å². The number of carbonyl (C=O) groups excluding carboxylic acids is 2. The number of benzene rings is 3. The topological polar surface area (TPSA) is 61.8 Å². The summed E-state index contributed by atoms with van der Waals surface area (Å²) in [6.45, 7) is 4.98. The predicted octanol–water partition coefficient (Wildman–Crippen LogP) is 5.34. The Bertz CT molecular complexity index is 994. The van der Waals surface area contributed by atoms with Crippen LogP contribution in [0.25, 0.3) is 0 Å². The maximum absolute atomic E-state index is 12.4. The van der Waals surface area contributed by atoms with Gasteiger partial charge in [-0.1, -0.05) is 50.2 Å². The Morgan fingerprint density at radius 2 is 1.52 bits per heavy atom. The van der Waals surface area contributed by atoms with E-state index in [-0.39, 0.29) is 0 Å². The molecule has 0 heterocycles. The van der Waals surface area contributed by atoms with Crippen molar-refractivity contribution in [3.05, 3.63) is 95.6 Å². The Morgan fingerprint density at radius 3 is 2.23 bits per heavy atom. The predicted molar refractivity (Wildman–Crippen MR) is 119 cm³/mol. The minimum absolute atomic E-state index is 0.300. The lowest BCUT2D eigenvalue weighted by Crippen LogP contribution is -2.10. The van der Waals surface area contributed by atoms with Gasteiger partial charge in [0.2, 0.25) is 0 Å². The normalized spacial score (nSPS) is 10.5. The van der Waals surface area contributed by atoms with E-state index < -0.39 is 11.9 Å². The van der Waals surface area contributed by atoms with Crippen LogP contribution in [0.15, 0.2) is 78.9 Å². The Kier molecular flexibility index (Phi) is 7.82. The van der Waals surface area contributed by atoms with Gasteiger partial charge in [-0.3, -0.25) is 0 Å². The molecule has 3 aromatic rings. The minimum atomic E-state index is -0.492. The zero-order chi connectivity index (χ0) is 22.1. The minimum Gasteiger partial charge on any atom is -0.493 e. The maximum Gasteiger partial charge on any atom is 0.343 e. The molecule has 0 atom stereocenters. The Hall–Kier alpha value is -3.60.